The number of nitrogens with zero attached hydrogens (tertiary/aromatic N) is 3. The van der Waals surface area contributed by atoms with Crippen LogP contribution in [-0.4, -0.2) is 74.2 Å². The Kier molecular flexibility index (Phi) is 12.1. The van der Waals surface area contributed by atoms with Gasteiger partial charge in [0.25, 0.3) is 0 Å². The smallest absolute Gasteiger partial charge is 0.191 e. The second kappa shape index (κ2) is 13.1. The van der Waals surface area contributed by atoms with E-state index < -0.39 is 0 Å². The van der Waals surface area contributed by atoms with Crippen molar-refractivity contribution in [1.29, 1.82) is 0 Å². The molecule has 6 heteroatoms. The van der Waals surface area contributed by atoms with Gasteiger partial charge >= 0.3 is 0 Å². The molecule has 2 N–H and O–H groups in total. The molecule has 2 aliphatic heterocycles. The Hall–Kier alpha value is -0.0800. The Morgan fingerprint density at radius 3 is 2.44 bits per heavy atom. The number of guanidine groups is 1. The molecular formula is C19H40IN5. The Labute approximate surface area is 172 Å². The van der Waals surface area contributed by atoms with E-state index >= 15 is 0 Å². The van der Waals surface area contributed by atoms with Crippen molar-refractivity contribution in [2.45, 2.75) is 58.9 Å². The van der Waals surface area contributed by atoms with Crippen molar-refractivity contribution < 1.29 is 0 Å². The van der Waals surface area contributed by atoms with Gasteiger partial charge < -0.3 is 20.4 Å². The standard InChI is InChI=1S/C19H39N5.HI/c1-4-11-23-13-8-18(9-14-23)22-19(20-5-2)21-10-15-24-12-6-7-17(3)16-24;/h17-18H,4-16H2,1-3H3,(H2,20,21,22);1H. The summed E-state index contributed by atoms with van der Waals surface area (Å²) in [5, 5.41) is 7.08. The van der Waals surface area contributed by atoms with Gasteiger partial charge in [0.05, 0.1) is 6.54 Å². The summed E-state index contributed by atoms with van der Waals surface area (Å²) < 4.78 is 0. The highest BCUT2D eigenvalue weighted by atomic mass is 127. The summed E-state index contributed by atoms with van der Waals surface area (Å²) in [6, 6.07) is 0.575. The largest absolute Gasteiger partial charge is 0.357 e. The van der Waals surface area contributed by atoms with Gasteiger partial charge in [-0.1, -0.05) is 13.8 Å². The molecule has 148 valence electrons. The first-order valence-corrected chi connectivity index (χ1v) is 10.2. The number of hydrogen-bond donors (Lipinski definition) is 2. The lowest BCUT2D eigenvalue weighted by molar-refractivity contribution is 0.188. The van der Waals surface area contributed by atoms with Crippen molar-refractivity contribution in [1.82, 2.24) is 20.4 Å². The zero-order valence-corrected chi connectivity index (χ0v) is 18.9. The van der Waals surface area contributed by atoms with Crippen LogP contribution >= 0.6 is 24.0 Å². The molecule has 0 aromatic rings. The van der Waals surface area contributed by atoms with E-state index in [0.29, 0.717) is 6.04 Å². The van der Waals surface area contributed by atoms with Gasteiger partial charge in [-0.25, -0.2) is 0 Å². The zero-order valence-electron chi connectivity index (χ0n) is 16.6. The summed E-state index contributed by atoms with van der Waals surface area (Å²) in [6.07, 6.45) is 6.46. The van der Waals surface area contributed by atoms with Crippen LogP contribution in [0.4, 0.5) is 0 Å². The monoisotopic (exact) mass is 465 g/mol. The summed E-state index contributed by atoms with van der Waals surface area (Å²) >= 11 is 0. The molecule has 2 aliphatic rings. The second-order valence-corrected chi connectivity index (χ2v) is 7.57. The number of likely N-dealkylation sites (tertiary alicyclic amines) is 2. The molecule has 2 saturated heterocycles. The van der Waals surface area contributed by atoms with Crippen molar-refractivity contribution in [3.05, 3.63) is 0 Å². The fraction of sp³-hybridized carbons (Fsp3) is 0.947. The molecule has 2 heterocycles. The third-order valence-corrected chi connectivity index (χ3v) is 5.24. The van der Waals surface area contributed by atoms with Crippen LogP contribution in [0.25, 0.3) is 0 Å². The van der Waals surface area contributed by atoms with E-state index in [2.05, 4.69) is 41.2 Å². The quantitative estimate of drug-likeness (QED) is 0.345. The highest BCUT2D eigenvalue weighted by Gasteiger charge is 2.19. The summed E-state index contributed by atoms with van der Waals surface area (Å²) in [5.41, 5.74) is 0. The van der Waals surface area contributed by atoms with Crippen LogP contribution in [0.2, 0.25) is 0 Å². The lowest BCUT2D eigenvalue weighted by Crippen LogP contribution is -2.49. The van der Waals surface area contributed by atoms with Crippen molar-refractivity contribution in [2.75, 3.05) is 52.4 Å². The van der Waals surface area contributed by atoms with Gasteiger partial charge in [-0.15, -0.1) is 24.0 Å². The van der Waals surface area contributed by atoms with Crippen molar-refractivity contribution >= 4 is 29.9 Å². The third-order valence-electron chi connectivity index (χ3n) is 5.24. The molecule has 1 unspecified atom stereocenters. The summed E-state index contributed by atoms with van der Waals surface area (Å²) in [7, 11) is 0. The van der Waals surface area contributed by atoms with Gasteiger partial charge in [0, 0.05) is 38.8 Å². The van der Waals surface area contributed by atoms with E-state index in [9.17, 15) is 0 Å². The van der Waals surface area contributed by atoms with Crippen LogP contribution < -0.4 is 10.6 Å². The van der Waals surface area contributed by atoms with Crippen LogP contribution in [0.1, 0.15) is 52.9 Å². The zero-order chi connectivity index (χ0) is 17.2. The molecule has 0 amide bonds. The minimum absolute atomic E-state index is 0. The maximum absolute atomic E-state index is 4.82. The van der Waals surface area contributed by atoms with Crippen LogP contribution in [0.3, 0.4) is 0 Å². The highest BCUT2D eigenvalue weighted by Crippen LogP contribution is 2.14. The van der Waals surface area contributed by atoms with Gasteiger partial charge in [-0.3, -0.25) is 4.99 Å². The minimum Gasteiger partial charge on any atom is -0.357 e. The molecule has 0 aromatic carbocycles. The highest BCUT2D eigenvalue weighted by molar-refractivity contribution is 14.0. The molecule has 1 atom stereocenters. The molecule has 25 heavy (non-hydrogen) atoms. The number of halogens is 1. The van der Waals surface area contributed by atoms with Crippen molar-refractivity contribution in [3.8, 4) is 0 Å². The lowest BCUT2D eigenvalue weighted by Gasteiger charge is -2.33. The molecule has 0 spiro atoms. The molecular weight excluding hydrogens is 425 g/mol. The fourth-order valence-corrected chi connectivity index (χ4v) is 3.92. The number of nitrogens with one attached hydrogen (secondary N) is 2. The number of hydrogen-bond acceptors (Lipinski definition) is 3. The van der Waals surface area contributed by atoms with Crippen LogP contribution in [0.5, 0.6) is 0 Å². The third kappa shape index (κ3) is 8.91. The average Bonchev–Trinajstić information content (AvgIpc) is 2.57. The summed E-state index contributed by atoms with van der Waals surface area (Å²) in [6.45, 7) is 15.9. The number of piperidine rings is 2. The van der Waals surface area contributed by atoms with Crippen LogP contribution in [0.15, 0.2) is 4.99 Å². The molecule has 0 aliphatic carbocycles. The first-order valence-electron chi connectivity index (χ1n) is 10.2. The fourth-order valence-electron chi connectivity index (χ4n) is 3.92. The van der Waals surface area contributed by atoms with E-state index in [1.165, 1.54) is 64.8 Å². The van der Waals surface area contributed by atoms with Crippen molar-refractivity contribution in [2.24, 2.45) is 10.9 Å². The van der Waals surface area contributed by atoms with E-state index in [-0.39, 0.29) is 24.0 Å². The summed E-state index contributed by atoms with van der Waals surface area (Å²) in [5.74, 6) is 1.86. The topological polar surface area (TPSA) is 42.9 Å². The normalized spacial score (nSPS) is 24.0. The Balaban J connectivity index is 0.00000312. The van der Waals surface area contributed by atoms with Gasteiger partial charge in [0.15, 0.2) is 5.96 Å². The molecule has 0 bridgehead atoms. The predicted octanol–water partition coefficient (Wildman–Crippen LogP) is 2.77. The lowest BCUT2D eigenvalue weighted by atomic mass is 10.0. The second-order valence-electron chi connectivity index (χ2n) is 7.57. The van der Waals surface area contributed by atoms with Gasteiger partial charge in [0.2, 0.25) is 0 Å². The predicted molar refractivity (Wildman–Crippen MR) is 119 cm³/mol. The van der Waals surface area contributed by atoms with E-state index in [4.69, 9.17) is 4.99 Å². The van der Waals surface area contributed by atoms with E-state index in [1.54, 1.807) is 0 Å². The maximum Gasteiger partial charge on any atom is 0.191 e. The van der Waals surface area contributed by atoms with Crippen LogP contribution in [-0.2, 0) is 0 Å². The Bertz CT molecular complexity index is 369. The van der Waals surface area contributed by atoms with E-state index in [1.807, 2.05) is 0 Å². The number of rotatable bonds is 7. The maximum atomic E-state index is 4.82. The van der Waals surface area contributed by atoms with Crippen LogP contribution in [0, 0.1) is 5.92 Å². The van der Waals surface area contributed by atoms with E-state index in [0.717, 1.165) is 31.5 Å². The summed E-state index contributed by atoms with van der Waals surface area (Å²) in [4.78, 5) is 9.98. The molecule has 2 rings (SSSR count). The van der Waals surface area contributed by atoms with Gasteiger partial charge in [-0.05, 0) is 58.0 Å². The average molecular weight is 465 g/mol. The first-order chi connectivity index (χ1) is 11.7. The Morgan fingerprint density at radius 1 is 1.04 bits per heavy atom. The van der Waals surface area contributed by atoms with Crippen molar-refractivity contribution in [3.63, 3.8) is 0 Å². The Morgan fingerprint density at radius 2 is 1.80 bits per heavy atom. The molecule has 0 radical (unpaired) electrons. The molecule has 5 nitrogen and oxygen atoms in total. The molecule has 0 aromatic heterocycles. The molecule has 0 saturated carbocycles. The minimum atomic E-state index is 0. The van der Waals surface area contributed by atoms with Gasteiger partial charge in [0.1, 0.15) is 0 Å². The first kappa shape index (κ1) is 23.0. The SMILES string of the molecule is CCCN1CCC(NC(=NCCN2CCCC(C)C2)NCC)CC1.I. The number of aliphatic imine (C=N–C) groups is 1. The van der Waals surface area contributed by atoms with Gasteiger partial charge in [-0.2, -0.15) is 0 Å². The molecule has 2 fully saturated rings.